The van der Waals surface area contributed by atoms with Crippen LogP contribution in [0.1, 0.15) is 62.8 Å². The molecule has 2 fully saturated rings. The SMILES string of the molecule is CC[C@H]1O[C@@H](n2nnc3c(NC(=O)c4ccccc4)ncnc32)[C@@H](F)[C@@H]1OP(=S)(OCCC#N)OC[C@@H]1C[C@H](O)[C@H](n2nnc3c(=O)[nH]c(NC(=O)C(C)C)nc32)O1. The molecule has 0 spiro atoms. The maximum absolute atomic E-state index is 16.6. The van der Waals surface area contributed by atoms with Crippen LogP contribution >= 0.6 is 6.72 Å². The van der Waals surface area contributed by atoms with Crippen LogP contribution in [0.3, 0.4) is 0 Å². The van der Waals surface area contributed by atoms with Crippen molar-refractivity contribution in [3.05, 3.63) is 52.6 Å². The first-order valence-corrected chi connectivity index (χ1v) is 20.6. The van der Waals surface area contributed by atoms with Gasteiger partial charge in [0, 0.05) is 17.9 Å². The Bertz CT molecular complexity index is 2450. The molecule has 306 valence electrons. The van der Waals surface area contributed by atoms with E-state index < -0.39 is 73.1 Å². The average molecular weight is 842 g/mol. The maximum Gasteiger partial charge on any atom is 0.327 e. The molecule has 25 heteroatoms. The van der Waals surface area contributed by atoms with E-state index >= 15 is 4.39 Å². The van der Waals surface area contributed by atoms with Gasteiger partial charge in [0.15, 0.2) is 46.8 Å². The summed E-state index contributed by atoms with van der Waals surface area (Å²) >= 11 is 5.73. The van der Waals surface area contributed by atoms with E-state index in [-0.39, 0.29) is 66.6 Å². The summed E-state index contributed by atoms with van der Waals surface area (Å²) in [6, 6.07) is 10.4. The monoisotopic (exact) mass is 841 g/mol. The molecule has 0 saturated carbocycles. The highest BCUT2D eigenvalue weighted by Crippen LogP contribution is 2.55. The third-order valence-corrected chi connectivity index (χ3v) is 11.4. The standard InChI is InChI=1S/C33H37FN13O9PS/c1-4-20-24(21(34)32(55-20)46-26-22(42-44-46)25(36-15-37-26)38-29(50)17-9-6-5-7-10-17)56-57(58,52-12-8-11-35)53-14-18-13-19(48)31(54-18)47-27-23(43-45-47)30(51)41-33(39-27)40-28(49)16(2)3/h5-7,9-10,15-16,18-21,24,31-32,48H,4,8,12-14H2,1-3H3,(H,36,37,38,50)(H2,39,40,41,49,51)/t18-,19-,20+,21-,24+,31+,32+,57?/m0/s1. The van der Waals surface area contributed by atoms with Crippen LogP contribution in [0.2, 0.25) is 0 Å². The second-order valence-corrected chi connectivity index (χ2v) is 16.4. The minimum atomic E-state index is -3.87. The largest absolute Gasteiger partial charge is 0.388 e. The summed E-state index contributed by atoms with van der Waals surface area (Å²) in [7, 11) is 0. The van der Waals surface area contributed by atoms with Crippen LogP contribution in [0, 0.1) is 17.2 Å². The number of carbonyl (C=O) groups is 2. The number of hydrogen-bond donors (Lipinski definition) is 4. The molecule has 22 nitrogen and oxygen atoms in total. The lowest BCUT2D eigenvalue weighted by molar-refractivity contribution is -0.118. The van der Waals surface area contributed by atoms with Gasteiger partial charge < -0.3 is 28.9 Å². The molecule has 58 heavy (non-hydrogen) atoms. The highest BCUT2D eigenvalue weighted by molar-refractivity contribution is 8.07. The van der Waals surface area contributed by atoms with Crippen LogP contribution in [0.5, 0.6) is 0 Å². The second-order valence-electron chi connectivity index (χ2n) is 13.4. The number of benzene rings is 1. The number of aliphatic hydroxyl groups is 1. The molecule has 2 aliphatic heterocycles. The third kappa shape index (κ3) is 8.47. The van der Waals surface area contributed by atoms with Gasteiger partial charge in [-0.15, -0.1) is 10.2 Å². The number of nitrogens with one attached hydrogen (secondary N) is 3. The number of aromatic amines is 1. The summed E-state index contributed by atoms with van der Waals surface area (Å²) in [5.74, 6) is -1.33. The number of halogens is 1. The van der Waals surface area contributed by atoms with Gasteiger partial charge in [0.2, 0.25) is 11.9 Å². The summed E-state index contributed by atoms with van der Waals surface area (Å²) in [5, 5.41) is 41.4. The number of carbonyl (C=O) groups excluding carboxylic acids is 2. The molecular weight excluding hydrogens is 804 g/mol. The Labute approximate surface area is 332 Å². The van der Waals surface area contributed by atoms with E-state index in [2.05, 4.69) is 51.2 Å². The summed E-state index contributed by atoms with van der Waals surface area (Å²) in [6.07, 6.45) is -7.42. The number of nitrogens with zero attached hydrogens (tertiary/aromatic N) is 10. The molecule has 2 amide bonds. The zero-order valence-corrected chi connectivity index (χ0v) is 32.7. The lowest BCUT2D eigenvalue weighted by Crippen LogP contribution is -2.32. The number of amides is 2. The number of rotatable bonds is 15. The van der Waals surface area contributed by atoms with Crippen LogP contribution < -0.4 is 16.2 Å². The van der Waals surface area contributed by atoms with E-state index in [9.17, 15) is 24.8 Å². The molecule has 5 aromatic rings. The average Bonchev–Trinajstić information content (AvgIpc) is 3.99. The summed E-state index contributed by atoms with van der Waals surface area (Å²) in [4.78, 5) is 52.8. The summed E-state index contributed by atoms with van der Waals surface area (Å²) in [6.45, 7) is 0.720. The Balaban J connectivity index is 1.06. The van der Waals surface area contributed by atoms with E-state index in [1.807, 2.05) is 6.07 Å². The van der Waals surface area contributed by atoms with Gasteiger partial charge in [-0.1, -0.05) is 49.4 Å². The van der Waals surface area contributed by atoms with E-state index in [0.29, 0.717) is 5.56 Å². The fourth-order valence-electron chi connectivity index (χ4n) is 6.16. The number of alkyl halides is 1. The van der Waals surface area contributed by atoms with E-state index in [0.717, 1.165) is 9.36 Å². The quantitative estimate of drug-likeness (QED) is 0.0870. The molecule has 1 aromatic carbocycles. The van der Waals surface area contributed by atoms with E-state index in [1.54, 1.807) is 51.1 Å². The first kappa shape index (κ1) is 40.9. The predicted molar refractivity (Wildman–Crippen MR) is 202 cm³/mol. The Kier molecular flexibility index (Phi) is 12.2. The molecular formula is C33H37FN13O9PS. The van der Waals surface area contributed by atoms with E-state index in [4.69, 9.17) is 34.9 Å². The van der Waals surface area contributed by atoms with Crippen molar-refractivity contribution in [2.45, 2.75) is 83.1 Å². The van der Waals surface area contributed by atoms with Crippen LogP contribution in [-0.4, -0.2) is 111 Å². The van der Waals surface area contributed by atoms with Gasteiger partial charge in [0.1, 0.15) is 18.5 Å². The lowest BCUT2D eigenvalue weighted by Gasteiger charge is -2.28. The number of hydrogen-bond acceptors (Lipinski definition) is 18. The van der Waals surface area contributed by atoms with Crippen molar-refractivity contribution < 1.29 is 42.1 Å². The van der Waals surface area contributed by atoms with Crippen molar-refractivity contribution in [2.75, 3.05) is 23.8 Å². The molecule has 6 heterocycles. The molecule has 0 radical (unpaired) electrons. The van der Waals surface area contributed by atoms with Crippen LogP contribution in [0.15, 0.2) is 41.5 Å². The number of aromatic nitrogens is 10. The van der Waals surface area contributed by atoms with Gasteiger partial charge in [-0.3, -0.25) is 29.2 Å². The Morgan fingerprint density at radius 1 is 1.10 bits per heavy atom. The summed E-state index contributed by atoms with van der Waals surface area (Å²) < 4.78 is 48.9. The van der Waals surface area contributed by atoms with Crippen molar-refractivity contribution in [1.29, 1.82) is 5.26 Å². The number of H-pyrrole nitrogens is 1. The van der Waals surface area contributed by atoms with Crippen LogP contribution in [0.25, 0.3) is 22.3 Å². The van der Waals surface area contributed by atoms with Gasteiger partial charge in [-0.25, -0.2) is 14.4 Å². The van der Waals surface area contributed by atoms with Crippen LogP contribution in [-0.2, 0) is 39.6 Å². The molecule has 4 N–H and O–H groups in total. The lowest BCUT2D eigenvalue weighted by atomic mass is 10.1. The van der Waals surface area contributed by atoms with Gasteiger partial charge in [-0.05, 0) is 30.4 Å². The molecule has 4 aromatic heterocycles. The first-order valence-electron chi connectivity index (χ1n) is 18.1. The predicted octanol–water partition coefficient (Wildman–Crippen LogP) is 2.45. The smallest absolute Gasteiger partial charge is 0.327 e. The van der Waals surface area contributed by atoms with Crippen molar-refractivity contribution in [1.82, 2.24) is 49.9 Å². The first-order chi connectivity index (χ1) is 27.9. The van der Waals surface area contributed by atoms with Crippen molar-refractivity contribution in [2.24, 2.45) is 5.92 Å². The number of anilines is 2. The molecule has 1 unspecified atom stereocenters. The molecule has 0 bridgehead atoms. The Morgan fingerprint density at radius 2 is 1.84 bits per heavy atom. The molecule has 2 aliphatic rings. The molecule has 0 aliphatic carbocycles. The van der Waals surface area contributed by atoms with Crippen molar-refractivity contribution in [3.8, 4) is 6.07 Å². The fraction of sp³-hybridized carbons (Fsp3) is 0.485. The molecule has 8 atom stereocenters. The fourth-order valence-corrected chi connectivity index (χ4v) is 8.27. The number of nitriles is 1. The van der Waals surface area contributed by atoms with Crippen molar-refractivity contribution in [3.63, 3.8) is 0 Å². The minimum absolute atomic E-state index is 0.00730. The topological polar surface area (TPSA) is 281 Å². The number of aliphatic hydroxyl groups excluding tert-OH is 1. The van der Waals surface area contributed by atoms with Crippen LogP contribution in [0.4, 0.5) is 16.2 Å². The van der Waals surface area contributed by atoms with Gasteiger partial charge in [-0.2, -0.15) is 19.6 Å². The highest BCUT2D eigenvalue weighted by Gasteiger charge is 2.50. The van der Waals surface area contributed by atoms with Gasteiger partial charge >= 0.3 is 6.72 Å². The second kappa shape index (κ2) is 17.3. The highest BCUT2D eigenvalue weighted by atomic mass is 32.5. The van der Waals surface area contributed by atoms with Gasteiger partial charge in [0.05, 0.1) is 37.9 Å². The Hall–Kier alpha value is -5.25. The van der Waals surface area contributed by atoms with E-state index in [1.165, 1.54) is 6.33 Å². The number of fused-ring (bicyclic) bond motifs is 2. The molecule has 7 rings (SSSR count). The molecule has 2 saturated heterocycles. The van der Waals surface area contributed by atoms with Crippen molar-refractivity contribution >= 4 is 64.4 Å². The summed E-state index contributed by atoms with van der Waals surface area (Å²) in [5.41, 5.74) is -0.347. The Morgan fingerprint density at radius 3 is 2.57 bits per heavy atom. The maximum atomic E-state index is 16.6. The zero-order valence-electron chi connectivity index (χ0n) is 31.0. The van der Waals surface area contributed by atoms with Gasteiger partial charge in [0.25, 0.3) is 11.5 Å². The normalized spacial score (nSPS) is 24.3. The third-order valence-electron chi connectivity index (χ3n) is 9.08. The minimum Gasteiger partial charge on any atom is -0.388 e. The zero-order chi connectivity index (χ0) is 41.1. The number of ether oxygens (including phenoxy) is 2.